The van der Waals surface area contributed by atoms with Crippen LogP contribution in [0.5, 0.6) is 11.5 Å². The van der Waals surface area contributed by atoms with Crippen LogP contribution in [-0.4, -0.2) is 23.4 Å². The van der Waals surface area contributed by atoms with Gasteiger partial charge in [-0.25, -0.2) is 0 Å². The minimum atomic E-state index is -0.301. The zero-order valence-electron chi connectivity index (χ0n) is 15.0. The third-order valence-corrected chi connectivity index (χ3v) is 6.20. The van der Waals surface area contributed by atoms with E-state index in [1.165, 1.54) is 4.88 Å². The van der Waals surface area contributed by atoms with E-state index in [1.54, 1.807) is 29.5 Å². The number of thiophene rings is 1. The van der Waals surface area contributed by atoms with Crippen LogP contribution in [0.25, 0.3) is 0 Å². The molecule has 0 unspecified atom stereocenters. The van der Waals surface area contributed by atoms with Crippen molar-refractivity contribution < 1.29 is 19.4 Å². The molecule has 0 saturated carbocycles. The van der Waals surface area contributed by atoms with Gasteiger partial charge in [-0.2, -0.15) is 0 Å². The van der Waals surface area contributed by atoms with E-state index in [0.29, 0.717) is 30.8 Å². The van der Waals surface area contributed by atoms with Crippen molar-refractivity contribution in [3.63, 3.8) is 0 Å². The van der Waals surface area contributed by atoms with E-state index in [1.807, 2.05) is 24.4 Å². The average molecular weight is 383 g/mol. The summed E-state index contributed by atoms with van der Waals surface area (Å²) < 4.78 is 5.47. The average Bonchev–Trinajstić information content (AvgIpc) is 3.17. The van der Waals surface area contributed by atoms with Crippen LogP contribution in [0.4, 0.5) is 0 Å². The second-order valence-corrected chi connectivity index (χ2v) is 7.88. The quantitative estimate of drug-likeness (QED) is 0.841. The number of benzene rings is 1. The van der Waals surface area contributed by atoms with Gasteiger partial charge in [0, 0.05) is 40.8 Å². The molecule has 2 N–H and O–H groups in total. The standard InChI is InChI=1S/C21H21NO4S/c1-2-26-18-10-12(5-6-16(18)23)14-11-20(25)22-15-8-13(9-17(24)21(14)15)19-4-3-7-27-19/h3-7,10,13-14,23H,2,8-9,11H2,1H3,(H,22,25)/t13-,14-/m1/s1. The zero-order chi connectivity index (χ0) is 19.0. The number of carbonyl (C=O) groups is 2. The minimum absolute atomic E-state index is 0.0581. The van der Waals surface area contributed by atoms with E-state index in [2.05, 4.69) is 5.32 Å². The summed E-state index contributed by atoms with van der Waals surface area (Å²) >= 11 is 1.65. The predicted molar refractivity (Wildman–Crippen MR) is 103 cm³/mol. The highest BCUT2D eigenvalue weighted by Gasteiger charge is 2.38. The summed E-state index contributed by atoms with van der Waals surface area (Å²) in [7, 11) is 0. The number of ketones is 1. The molecular weight excluding hydrogens is 362 g/mol. The van der Waals surface area contributed by atoms with Gasteiger partial charge in [0.1, 0.15) is 0 Å². The van der Waals surface area contributed by atoms with Crippen molar-refractivity contribution in [1.82, 2.24) is 5.32 Å². The number of phenols is 1. The van der Waals surface area contributed by atoms with Crippen LogP contribution >= 0.6 is 11.3 Å². The van der Waals surface area contributed by atoms with Gasteiger partial charge in [-0.05, 0) is 42.5 Å². The summed E-state index contributed by atoms with van der Waals surface area (Å²) in [5, 5.41) is 14.9. The highest BCUT2D eigenvalue weighted by atomic mass is 32.1. The van der Waals surface area contributed by atoms with Crippen molar-refractivity contribution in [3.8, 4) is 11.5 Å². The number of nitrogens with one attached hydrogen (secondary N) is 1. The number of rotatable bonds is 4. The van der Waals surface area contributed by atoms with Crippen LogP contribution < -0.4 is 10.1 Å². The highest BCUT2D eigenvalue weighted by molar-refractivity contribution is 7.10. The number of Topliss-reactive ketones (excluding diaryl/α,β-unsaturated/α-hetero) is 1. The Labute approximate surface area is 161 Å². The molecule has 140 valence electrons. The van der Waals surface area contributed by atoms with Crippen LogP contribution in [0.15, 0.2) is 47.0 Å². The van der Waals surface area contributed by atoms with Crippen LogP contribution in [-0.2, 0) is 9.59 Å². The van der Waals surface area contributed by atoms with Gasteiger partial charge in [-0.1, -0.05) is 12.1 Å². The van der Waals surface area contributed by atoms with Gasteiger partial charge in [-0.3, -0.25) is 9.59 Å². The number of ether oxygens (including phenoxy) is 1. The first-order valence-electron chi connectivity index (χ1n) is 9.12. The molecule has 6 heteroatoms. The smallest absolute Gasteiger partial charge is 0.225 e. The molecular formula is C21H21NO4S. The fourth-order valence-electron chi connectivity index (χ4n) is 3.99. The fraction of sp³-hybridized carbons (Fsp3) is 0.333. The lowest BCUT2D eigenvalue weighted by Gasteiger charge is -2.34. The van der Waals surface area contributed by atoms with Crippen molar-refractivity contribution in [2.75, 3.05) is 6.61 Å². The van der Waals surface area contributed by atoms with Crippen molar-refractivity contribution in [2.24, 2.45) is 0 Å². The molecule has 1 aliphatic carbocycles. The topological polar surface area (TPSA) is 75.6 Å². The maximum Gasteiger partial charge on any atom is 0.225 e. The lowest BCUT2D eigenvalue weighted by atomic mass is 9.74. The molecule has 0 saturated heterocycles. The van der Waals surface area contributed by atoms with Gasteiger partial charge in [-0.15, -0.1) is 11.3 Å². The number of carbonyl (C=O) groups excluding carboxylic acids is 2. The van der Waals surface area contributed by atoms with E-state index in [0.717, 1.165) is 11.3 Å². The van der Waals surface area contributed by atoms with Gasteiger partial charge < -0.3 is 15.2 Å². The summed E-state index contributed by atoms with van der Waals surface area (Å²) in [6.07, 6.45) is 1.35. The van der Waals surface area contributed by atoms with Crippen molar-refractivity contribution in [2.45, 2.75) is 38.0 Å². The Kier molecular flexibility index (Phi) is 4.74. The summed E-state index contributed by atoms with van der Waals surface area (Å²) in [4.78, 5) is 26.5. The Bertz CT molecular complexity index is 916. The van der Waals surface area contributed by atoms with E-state index < -0.39 is 0 Å². The summed E-state index contributed by atoms with van der Waals surface area (Å²) in [5.74, 6) is 0.264. The molecule has 1 aromatic heterocycles. The molecule has 1 aliphatic heterocycles. The number of amides is 1. The van der Waals surface area contributed by atoms with Crippen molar-refractivity contribution in [1.29, 1.82) is 0 Å². The molecule has 0 radical (unpaired) electrons. The Hall–Kier alpha value is -2.60. The molecule has 0 spiro atoms. The molecule has 2 heterocycles. The van der Waals surface area contributed by atoms with Gasteiger partial charge in [0.2, 0.25) is 5.91 Å². The normalized spacial score (nSPS) is 22.4. The monoisotopic (exact) mass is 383 g/mol. The van der Waals surface area contributed by atoms with Gasteiger partial charge >= 0.3 is 0 Å². The third kappa shape index (κ3) is 3.37. The van der Waals surface area contributed by atoms with Crippen LogP contribution in [0.1, 0.15) is 48.5 Å². The Balaban J connectivity index is 1.72. The van der Waals surface area contributed by atoms with Crippen molar-refractivity contribution in [3.05, 3.63) is 57.4 Å². The molecule has 1 aromatic carbocycles. The molecule has 0 bridgehead atoms. The van der Waals surface area contributed by atoms with E-state index in [4.69, 9.17) is 4.74 Å². The molecule has 4 rings (SSSR count). The van der Waals surface area contributed by atoms with Gasteiger partial charge in [0.25, 0.3) is 0 Å². The van der Waals surface area contributed by atoms with Gasteiger partial charge in [0.15, 0.2) is 17.3 Å². The molecule has 0 fully saturated rings. The molecule has 1 amide bonds. The van der Waals surface area contributed by atoms with Gasteiger partial charge in [0.05, 0.1) is 6.61 Å². The number of hydrogen-bond acceptors (Lipinski definition) is 5. The first-order chi connectivity index (χ1) is 13.1. The third-order valence-electron chi connectivity index (χ3n) is 5.17. The second-order valence-electron chi connectivity index (χ2n) is 6.90. The predicted octanol–water partition coefficient (Wildman–Crippen LogP) is 3.86. The van der Waals surface area contributed by atoms with Crippen molar-refractivity contribution >= 4 is 23.0 Å². The summed E-state index contributed by atoms with van der Waals surface area (Å²) in [5.41, 5.74) is 2.27. The highest BCUT2D eigenvalue weighted by Crippen LogP contribution is 2.44. The molecule has 2 aromatic rings. The number of phenolic OH excluding ortho intramolecular Hbond substituents is 1. The Morgan fingerprint density at radius 2 is 2.07 bits per heavy atom. The lowest BCUT2D eigenvalue weighted by Crippen LogP contribution is -2.38. The first kappa shape index (κ1) is 17.8. The maximum atomic E-state index is 13.0. The summed E-state index contributed by atoms with van der Waals surface area (Å²) in [6, 6.07) is 9.11. The largest absolute Gasteiger partial charge is 0.504 e. The molecule has 2 aliphatic rings. The fourth-order valence-corrected chi connectivity index (χ4v) is 4.82. The van der Waals surface area contributed by atoms with E-state index >= 15 is 0 Å². The van der Waals surface area contributed by atoms with Crippen LogP contribution in [0, 0.1) is 0 Å². The second kappa shape index (κ2) is 7.19. The van der Waals surface area contributed by atoms with Crippen LogP contribution in [0.2, 0.25) is 0 Å². The lowest BCUT2D eigenvalue weighted by molar-refractivity contribution is -0.122. The Morgan fingerprint density at radius 1 is 1.22 bits per heavy atom. The van der Waals surface area contributed by atoms with E-state index in [9.17, 15) is 14.7 Å². The number of hydrogen-bond donors (Lipinski definition) is 2. The zero-order valence-corrected chi connectivity index (χ0v) is 15.8. The molecule has 5 nitrogen and oxygen atoms in total. The Morgan fingerprint density at radius 3 is 2.81 bits per heavy atom. The maximum absolute atomic E-state index is 13.0. The van der Waals surface area contributed by atoms with Crippen LogP contribution in [0.3, 0.4) is 0 Å². The molecule has 2 atom stereocenters. The SMILES string of the molecule is CCOc1cc([C@H]2CC(=O)NC3=C2C(=O)C[C@H](c2cccs2)C3)ccc1O. The number of allylic oxidation sites excluding steroid dienone is 2. The molecule has 27 heavy (non-hydrogen) atoms. The van der Waals surface area contributed by atoms with E-state index in [-0.39, 0.29) is 35.7 Å². The first-order valence-corrected chi connectivity index (χ1v) is 10.00. The minimum Gasteiger partial charge on any atom is -0.504 e. The summed E-state index contributed by atoms with van der Waals surface area (Å²) in [6.45, 7) is 2.27. The number of aromatic hydroxyl groups is 1.